The Morgan fingerprint density at radius 3 is 2.81 bits per heavy atom. The van der Waals surface area contributed by atoms with E-state index in [1.165, 1.54) is 28.2 Å². The maximum Gasteiger partial charge on any atom is 0.322 e. The molecular weight excluding hydrogens is 345 g/mol. The minimum atomic E-state index is -0.346. The fourth-order valence-corrected chi connectivity index (χ4v) is 4.68. The Hall–Kier alpha value is -2.89. The fourth-order valence-electron chi connectivity index (χ4n) is 4.68. The number of anilines is 1. The van der Waals surface area contributed by atoms with Gasteiger partial charge in [0.2, 0.25) is 5.91 Å². The third kappa shape index (κ3) is 2.67. The van der Waals surface area contributed by atoms with E-state index in [4.69, 9.17) is 0 Å². The summed E-state index contributed by atoms with van der Waals surface area (Å²) >= 11 is 0. The number of carbonyl (C=O) groups excluding carboxylic acids is 2. The van der Waals surface area contributed by atoms with Crippen molar-refractivity contribution in [1.82, 2.24) is 9.80 Å². The summed E-state index contributed by atoms with van der Waals surface area (Å²) in [6, 6.07) is 12.4. The maximum absolute atomic E-state index is 13.5. The Balaban J connectivity index is 1.35. The molecule has 1 aliphatic carbocycles. The number of nitrogens with zero attached hydrogens (tertiary/aromatic N) is 2. The van der Waals surface area contributed by atoms with Gasteiger partial charge in [0, 0.05) is 18.2 Å². The van der Waals surface area contributed by atoms with Crippen LogP contribution >= 0.6 is 0 Å². The third-order valence-electron chi connectivity index (χ3n) is 5.98. The lowest BCUT2D eigenvalue weighted by molar-refractivity contribution is -0.137. The molecule has 2 aromatic carbocycles. The average Bonchev–Trinajstić information content (AvgIpc) is 2.69. The number of amides is 3. The molecule has 2 aromatic rings. The molecule has 3 heterocycles. The second-order valence-corrected chi connectivity index (χ2v) is 7.55. The Morgan fingerprint density at radius 1 is 1.15 bits per heavy atom. The molecular formula is C21H20FN3O2. The van der Waals surface area contributed by atoms with Gasteiger partial charge in [0.25, 0.3) is 0 Å². The van der Waals surface area contributed by atoms with Gasteiger partial charge in [-0.05, 0) is 47.7 Å². The molecule has 0 radical (unpaired) electrons. The van der Waals surface area contributed by atoms with Crippen LogP contribution in [0.1, 0.15) is 41.5 Å². The fraction of sp³-hybridized carbons (Fsp3) is 0.333. The van der Waals surface area contributed by atoms with E-state index in [2.05, 4.69) is 23.5 Å². The van der Waals surface area contributed by atoms with Crippen molar-refractivity contribution in [1.29, 1.82) is 0 Å². The number of rotatable bonds is 2. The molecule has 0 aromatic heterocycles. The lowest BCUT2D eigenvalue weighted by Gasteiger charge is -2.47. The van der Waals surface area contributed by atoms with Crippen LogP contribution in [0.3, 0.4) is 0 Å². The molecule has 6 heteroatoms. The van der Waals surface area contributed by atoms with Crippen LogP contribution in [0.15, 0.2) is 42.5 Å². The minimum absolute atomic E-state index is 0.00712. The molecule has 1 fully saturated rings. The molecule has 6 rings (SSSR count). The predicted octanol–water partition coefficient (Wildman–Crippen LogP) is 3.63. The summed E-state index contributed by atoms with van der Waals surface area (Å²) in [5, 5.41) is 2.74. The summed E-state index contributed by atoms with van der Waals surface area (Å²) in [6.45, 7) is 0.956. The van der Waals surface area contributed by atoms with Crippen molar-refractivity contribution in [2.24, 2.45) is 0 Å². The van der Waals surface area contributed by atoms with Crippen LogP contribution in [-0.2, 0) is 11.3 Å². The molecule has 2 unspecified atom stereocenters. The molecule has 27 heavy (non-hydrogen) atoms. The van der Waals surface area contributed by atoms with Crippen LogP contribution in [0.2, 0.25) is 0 Å². The van der Waals surface area contributed by atoms with Gasteiger partial charge >= 0.3 is 6.03 Å². The number of fused-ring (bicyclic) bond motifs is 3. The highest BCUT2D eigenvalue weighted by molar-refractivity contribution is 5.95. The number of nitrogens with one attached hydrogen (secondary N) is 1. The highest BCUT2D eigenvalue weighted by Gasteiger charge is 2.40. The van der Waals surface area contributed by atoms with E-state index in [-0.39, 0.29) is 36.9 Å². The molecule has 1 saturated heterocycles. The Bertz CT molecular complexity index is 945. The smallest absolute Gasteiger partial charge is 0.322 e. The lowest BCUT2D eigenvalue weighted by atomic mass is 9.75. The van der Waals surface area contributed by atoms with Gasteiger partial charge in [-0.1, -0.05) is 24.3 Å². The minimum Gasteiger partial charge on any atom is -0.333 e. The molecule has 138 valence electrons. The van der Waals surface area contributed by atoms with Gasteiger partial charge < -0.3 is 15.1 Å². The zero-order chi connectivity index (χ0) is 18.5. The second kappa shape index (κ2) is 6.08. The zero-order valence-corrected chi connectivity index (χ0v) is 14.8. The SMILES string of the molecule is O=C1Nc2ccc(F)cc2CN1CC(=O)N1CC2CCC1c1ccccc12. The van der Waals surface area contributed by atoms with Crippen molar-refractivity contribution in [3.05, 3.63) is 65.0 Å². The zero-order valence-electron chi connectivity index (χ0n) is 14.8. The molecule has 5 nitrogen and oxygen atoms in total. The predicted molar refractivity (Wildman–Crippen MR) is 98.7 cm³/mol. The lowest BCUT2D eigenvalue weighted by Crippen LogP contribution is -2.51. The van der Waals surface area contributed by atoms with E-state index in [1.807, 2.05) is 11.0 Å². The number of benzene rings is 2. The van der Waals surface area contributed by atoms with Gasteiger partial charge in [0.15, 0.2) is 0 Å². The molecule has 0 spiro atoms. The molecule has 3 amide bonds. The molecule has 1 N–H and O–H groups in total. The van der Waals surface area contributed by atoms with Crippen LogP contribution in [0, 0.1) is 5.82 Å². The van der Waals surface area contributed by atoms with E-state index in [0.29, 0.717) is 23.7 Å². The number of halogens is 1. The van der Waals surface area contributed by atoms with Gasteiger partial charge in [-0.3, -0.25) is 4.79 Å². The first-order valence-corrected chi connectivity index (χ1v) is 9.33. The van der Waals surface area contributed by atoms with E-state index < -0.39 is 0 Å². The van der Waals surface area contributed by atoms with Crippen molar-refractivity contribution < 1.29 is 14.0 Å². The number of carbonyl (C=O) groups is 2. The van der Waals surface area contributed by atoms with Gasteiger partial charge in [-0.2, -0.15) is 0 Å². The molecule has 0 saturated carbocycles. The van der Waals surface area contributed by atoms with Crippen LogP contribution in [0.5, 0.6) is 0 Å². The second-order valence-electron chi connectivity index (χ2n) is 7.55. The number of piperidine rings is 1. The first-order valence-electron chi connectivity index (χ1n) is 9.33. The van der Waals surface area contributed by atoms with Crippen molar-refractivity contribution >= 4 is 17.6 Å². The Kier molecular flexibility index (Phi) is 3.67. The van der Waals surface area contributed by atoms with Gasteiger partial charge in [0.1, 0.15) is 12.4 Å². The summed E-state index contributed by atoms with van der Waals surface area (Å²) in [4.78, 5) is 28.8. The number of urea groups is 1. The first kappa shape index (κ1) is 16.3. The van der Waals surface area contributed by atoms with Crippen molar-refractivity contribution in [3.8, 4) is 0 Å². The molecule has 4 aliphatic rings. The Morgan fingerprint density at radius 2 is 1.96 bits per heavy atom. The first-order chi connectivity index (χ1) is 13.1. The quantitative estimate of drug-likeness (QED) is 0.884. The van der Waals surface area contributed by atoms with E-state index in [0.717, 1.165) is 12.8 Å². The topological polar surface area (TPSA) is 52.7 Å². The molecule has 3 aliphatic heterocycles. The third-order valence-corrected chi connectivity index (χ3v) is 5.98. The number of hydrogen-bond acceptors (Lipinski definition) is 2. The largest absolute Gasteiger partial charge is 0.333 e. The van der Waals surface area contributed by atoms with Gasteiger partial charge in [-0.25, -0.2) is 9.18 Å². The highest BCUT2D eigenvalue weighted by Crippen LogP contribution is 2.46. The van der Waals surface area contributed by atoms with Gasteiger partial charge in [0.05, 0.1) is 12.6 Å². The maximum atomic E-state index is 13.5. The van der Waals surface area contributed by atoms with E-state index in [1.54, 1.807) is 6.07 Å². The van der Waals surface area contributed by atoms with Crippen LogP contribution < -0.4 is 5.32 Å². The highest BCUT2D eigenvalue weighted by atomic mass is 19.1. The standard InChI is InChI=1S/C21H20FN3O2/c22-15-6-7-18-14(9-15)10-24(21(27)23-18)12-20(26)25-11-13-5-8-19(25)17-4-2-1-3-16(13)17/h1-4,6-7,9,13,19H,5,8,10-12H2,(H,23,27). The summed E-state index contributed by atoms with van der Waals surface area (Å²) < 4.78 is 13.5. The summed E-state index contributed by atoms with van der Waals surface area (Å²) in [5.41, 5.74) is 3.89. The summed E-state index contributed by atoms with van der Waals surface area (Å²) in [6.07, 6.45) is 2.07. The van der Waals surface area contributed by atoms with Crippen LogP contribution in [-0.4, -0.2) is 34.8 Å². The van der Waals surface area contributed by atoms with Crippen molar-refractivity contribution in [2.45, 2.75) is 31.3 Å². The number of hydrogen-bond donors (Lipinski definition) is 1. The summed E-state index contributed by atoms with van der Waals surface area (Å²) in [5.74, 6) is -0.0181. The molecule has 2 atom stereocenters. The van der Waals surface area contributed by atoms with Gasteiger partial charge in [-0.15, -0.1) is 0 Å². The van der Waals surface area contributed by atoms with E-state index in [9.17, 15) is 14.0 Å². The van der Waals surface area contributed by atoms with Crippen molar-refractivity contribution in [2.75, 3.05) is 18.4 Å². The van der Waals surface area contributed by atoms with E-state index >= 15 is 0 Å². The van der Waals surface area contributed by atoms with Crippen LogP contribution in [0.25, 0.3) is 0 Å². The average molecular weight is 365 g/mol. The summed E-state index contributed by atoms with van der Waals surface area (Å²) in [7, 11) is 0. The Labute approximate surface area is 156 Å². The molecule has 2 bridgehead atoms. The van der Waals surface area contributed by atoms with Crippen LogP contribution in [0.4, 0.5) is 14.9 Å². The normalized spacial score (nSPS) is 22.9. The van der Waals surface area contributed by atoms with Crippen molar-refractivity contribution in [3.63, 3.8) is 0 Å². The monoisotopic (exact) mass is 365 g/mol.